The summed E-state index contributed by atoms with van der Waals surface area (Å²) in [4.78, 5) is 26.9. The van der Waals surface area contributed by atoms with Crippen molar-refractivity contribution in [3.8, 4) is 11.6 Å². The maximum atomic E-state index is 12.3. The summed E-state index contributed by atoms with van der Waals surface area (Å²) in [5, 5.41) is 6.91. The number of benzene rings is 1. The van der Waals surface area contributed by atoms with Gasteiger partial charge < -0.3 is 9.84 Å². The molecule has 3 heterocycles. The second-order valence-electron chi connectivity index (χ2n) is 6.79. The van der Waals surface area contributed by atoms with E-state index in [0.29, 0.717) is 37.2 Å². The number of nitrogens with zero attached hydrogens (tertiary/aromatic N) is 5. The Hall–Kier alpha value is -3.13. The zero-order valence-corrected chi connectivity index (χ0v) is 15.2. The van der Waals surface area contributed by atoms with Crippen LogP contribution >= 0.6 is 0 Å². The van der Waals surface area contributed by atoms with Gasteiger partial charge in [-0.15, -0.1) is 0 Å². The van der Waals surface area contributed by atoms with Crippen molar-refractivity contribution < 1.29 is 9.32 Å². The third-order valence-corrected chi connectivity index (χ3v) is 4.54. The first-order valence-electron chi connectivity index (χ1n) is 8.79. The van der Waals surface area contributed by atoms with Gasteiger partial charge in [-0.3, -0.25) is 9.69 Å². The lowest BCUT2D eigenvalue weighted by Crippen LogP contribution is -2.48. The SMILES string of the molecule is Cc1ccc(NC(=O)CN2CC(c3nc(-c4ncccn4)no3)C2)c(C)c1. The minimum Gasteiger partial charge on any atom is -0.338 e. The summed E-state index contributed by atoms with van der Waals surface area (Å²) in [7, 11) is 0. The fourth-order valence-corrected chi connectivity index (χ4v) is 3.11. The van der Waals surface area contributed by atoms with Gasteiger partial charge in [-0.05, 0) is 31.5 Å². The molecule has 1 aliphatic rings. The number of aryl methyl sites for hydroxylation is 2. The third-order valence-electron chi connectivity index (χ3n) is 4.54. The molecule has 8 nitrogen and oxygen atoms in total. The zero-order valence-electron chi connectivity index (χ0n) is 15.2. The van der Waals surface area contributed by atoms with Crippen molar-refractivity contribution in [1.29, 1.82) is 0 Å². The first-order chi connectivity index (χ1) is 13.1. The molecule has 0 aliphatic carbocycles. The average Bonchev–Trinajstić information content (AvgIpc) is 3.10. The Balaban J connectivity index is 1.30. The third kappa shape index (κ3) is 3.85. The minimum absolute atomic E-state index is 0.0238. The zero-order chi connectivity index (χ0) is 18.8. The normalized spacial score (nSPS) is 14.7. The summed E-state index contributed by atoms with van der Waals surface area (Å²) >= 11 is 0. The van der Waals surface area contributed by atoms with Crippen molar-refractivity contribution in [2.75, 3.05) is 25.0 Å². The Bertz CT molecular complexity index is 950. The van der Waals surface area contributed by atoms with Crippen LogP contribution in [0.3, 0.4) is 0 Å². The number of hydrogen-bond donors (Lipinski definition) is 1. The molecule has 2 aromatic heterocycles. The molecule has 138 valence electrons. The number of nitrogens with one attached hydrogen (secondary N) is 1. The van der Waals surface area contributed by atoms with Gasteiger partial charge in [-0.25, -0.2) is 9.97 Å². The molecule has 0 radical (unpaired) electrons. The summed E-state index contributed by atoms with van der Waals surface area (Å²) < 4.78 is 5.33. The number of carbonyl (C=O) groups is 1. The largest absolute Gasteiger partial charge is 0.338 e. The van der Waals surface area contributed by atoms with Gasteiger partial charge in [-0.1, -0.05) is 22.9 Å². The molecule has 0 spiro atoms. The maximum Gasteiger partial charge on any atom is 0.240 e. The molecule has 3 aromatic rings. The first-order valence-corrected chi connectivity index (χ1v) is 8.79. The molecule has 1 amide bonds. The van der Waals surface area contributed by atoms with Crippen LogP contribution in [0, 0.1) is 13.8 Å². The van der Waals surface area contributed by atoms with Gasteiger partial charge in [0.1, 0.15) is 0 Å². The van der Waals surface area contributed by atoms with Crippen LogP contribution in [0.1, 0.15) is 22.9 Å². The number of carbonyl (C=O) groups excluding carboxylic acids is 1. The molecule has 4 rings (SSSR count). The Morgan fingerprint density at radius 3 is 2.74 bits per heavy atom. The monoisotopic (exact) mass is 364 g/mol. The summed E-state index contributed by atoms with van der Waals surface area (Å²) in [6.07, 6.45) is 3.27. The van der Waals surface area contributed by atoms with Crippen molar-refractivity contribution in [2.45, 2.75) is 19.8 Å². The minimum atomic E-state index is -0.0238. The van der Waals surface area contributed by atoms with Crippen LogP contribution in [0.2, 0.25) is 0 Å². The van der Waals surface area contributed by atoms with Crippen molar-refractivity contribution >= 4 is 11.6 Å². The molecule has 1 N–H and O–H groups in total. The van der Waals surface area contributed by atoms with E-state index < -0.39 is 0 Å². The Morgan fingerprint density at radius 2 is 2.00 bits per heavy atom. The molecule has 1 fully saturated rings. The highest BCUT2D eigenvalue weighted by Crippen LogP contribution is 2.26. The van der Waals surface area contributed by atoms with E-state index in [4.69, 9.17) is 4.52 Å². The smallest absolute Gasteiger partial charge is 0.240 e. The van der Waals surface area contributed by atoms with E-state index in [1.165, 1.54) is 5.56 Å². The second kappa shape index (κ2) is 7.24. The first kappa shape index (κ1) is 17.3. The van der Waals surface area contributed by atoms with Crippen molar-refractivity contribution in [3.05, 3.63) is 53.7 Å². The highest BCUT2D eigenvalue weighted by atomic mass is 16.5. The van der Waals surface area contributed by atoms with Gasteiger partial charge in [0.05, 0.1) is 12.5 Å². The quantitative estimate of drug-likeness (QED) is 0.741. The average molecular weight is 364 g/mol. The molecular formula is C19H20N6O2. The summed E-state index contributed by atoms with van der Waals surface area (Å²) in [5.41, 5.74) is 3.09. The van der Waals surface area contributed by atoms with Gasteiger partial charge in [-0.2, -0.15) is 4.98 Å². The van der Waals surface area contributed by atoms with E-state index in [0.717, 1.165) is 11.3 Å². The number of hydrogen-bond acceptors (Lipinski definition) is 7. The topological polar surface area (TPSA) is 97.0 Å². The standard InChI is InChI=1S/C19H20N6O2/c1-12-4-5-15(13(2)8-12)22-16(26)11-25-9-14(10-25)19-23-18(24-27-19)17-20-6-3-7-21-17/h3-8,14H,9-11H2,1-2H3,(H,22,26). The van der Waals surface area contributed by atoms with E-state index in [2.05, 4.69) is 31.5 Å². The second-order valence-corrected chi connectivity index (χ2v) is 6.79. The van der Waals surface area contributed by atoms with Crippen LogP contribution < -0.4 is 5.32 Å². The Morgan fingerprint density at radius 1 is 1.22 bits per heavy atom. The fourth-order valence-electron chi connectivity index (χ4n) is 3.11. The molecule has 0 unspecified atom stereocenters. The Kier molecular flexibility index (Phi) is 4.64. The molecular weight excluding hydrogens is 344 g/mol. The van der Waals surface area contributed by atoms with E-state index in [-0.39, 0.29) is 11.8 Å². The van der Waals surface area contributed by atoms with Gasteiger partial charge in [0.25, 0.3) is 0 Å². The fraction of sp³-hybridized carbons (Fsp3) is 0.316. The van der Waals surface area contributed by atoms with E-state index in [1.807, 2.05) is 30.9 Å². The van der Waals surface area contributed by atoms with Crippen LogP contribution in [-0.2, 0) is 4.79 Å². The highest BCUT2D eigenvalue weighted by Gasteiger charge is 2.33. The molecule has 1 aromatic carbocycles. The number of likely N-dealkylation sites (tertiary alicyclic amines) is 1. The number of rotatable bonds is 5. The van der Waals surface area contributed by atoms with Crippen LogP contribution in [0.25, 0.3) is 11.6 Å². The van der Waals surface area contributed by atoms with E-state index in [1.54, 1.807) is 18.5 Å². The maximum absolute atomic E-state index is 12.3. The lowest BCUT2D eigenvalue weighted by Gasteiger charge is -2.36. The lowest BCUT2D eigenvalue weighted by atomic mass is 10.0. The molecule has 0 atom stereocenters. The molecule has 0 saturated carbocycles. The number of amides is 1. The van der Waals surface area contributed by atoms with Gasteiger partial charge >= 0.3 is 0 Å². The van der Waals surface area contributed by atoms with Crippen LogP contribution in [0.5, 0.6) is 0 Å². The molecule has 1 saturated heterocycles. The Labute approximate surface area is 156 Å². The summed E-state index contributed by atoms with van der Waals surface area (Å²) in [6, 6.07) is 7.72. The van der Waals surface area contributed by atoms with E-state index in [9.17, 15) is 4.79 Å². The molecule has 27 heavy (non-hydrogen) atoms. The van der Waals surface area contributed by atoms with Gasteiger partial charge in [0, 0.05) is 31.2 Å². The predicted octanol–water partition coefficient (Wildman–Crippen LogP) is 2.18. The van der Waals surface area contributed by atoms with E-state index >= 15 is 0 Å². The van der Waals surface area contributed by atoms with Gasteiger partial charge in [0.2, 0.25) is 23.4 Å². The number of anilines is 1. The molecule has 8 heteroatoms. The van der Waals surface area contributed by atoms with Crippen molar-refractivity contribution in [3.63, 3.8) is 0 Å². The van der Waals surface area contributed by atoms with Crippen molar-refractivity contribution in [2.24, 2.45) is 0 Å². The summed E-state index contributed by atoms with van der Waals surface area (Å²) in [5.74, 6) is 1.49. The number of aromatic nitrogens is 4. The van der Waals surface area contributed by atoms with Gasteiger partial charge in [0.15, 0.2) is 0 Å². The highest BCUT2D eigenvalue weighted by molar-refractivity contribution is 5.93. The van der Waals surface area contributed by atoms with Crippen LogP contribution in [-0.4, -0.2) is 50.5 Å². The molecule has 0 bridgehead atoms. The lowest BCUT2D eigenvalue weighted by molar-refractivity contribution is -0.118. The van der Waals surface area contributed by atoms with Crippen LogP contribution in [0.15, 0.2) is 41.2 Å². The summed E-state index contributed by atoms with van der Waals surface area (Å²) in [6.45, 7) is 5.78. The van der Waals surface area contributed by atoms with Crippen molar-refractivity contribution in [1.82, 2.24) is 25.0 Å². The predicted molar refractivity (Wildman–Crippen MR) is 99.1 cm³/mol. The molecule has 1 aliphatic heterocycles. The van der Waals surface area contributed by atoms with Crippen LogP contribution in [0.4, 0.5) is 5.69 Å².